The number of thiophene rings is 1. The summed E-state index contributed by atoms with van der Waals surface area (Å²) in [6.45, 7) is 0. The predicted molar refractivity (Wildman–Crippen MR) is 74.0 cm³/mol. The molecule has 86 valence electrons. The average Bonchev–Trinajstić information content (AvgIpc) is 2.73. The summed E-state index contributed by atoms with van der Waals surface area (Å²) >= 11 is 5.02. The van der Waals surface area contributed by atoms with Gasteiger partial charge in [0, 0.05) is 26.9 Å². The van der Waals surface area contributed by atoms with Gasteiger partial charge in [-0.1, -0.05) is 6.08 Å². The van der Waals surface area contributed by atoms with E-state index in [1.54, 1.807) is 23.5 Å². The number of hydrogen-bond donors (Lipinski definition) is 0. The minimum atomic E-state index is -0.399. The highest BCUT2D eigenvalue weighted by Gasteiger charge is 2.02. The van der Waals surface area contributed by atoms with Gasteiger partial charge in [0.15, 0.2) is 0 Å². The third kappa shape index (κ3) is 3.25. The van der Waals surface area contributed by atoms with E-state index in [1.165, 1.54) is 12.1 Å². The van der Waals surface area contributed by atoms with E-state index in [0.717, 1.165) is 14.9 Å². The van der Waals surface area contributed by atoms with Crippen molar-refractivity contribution < 1.29 is 4.92 Å². The number of nitro groups is 1. The fraction of sp³-hybridized carbons (Fsp3) is 0. The Bertz CT molecular complexity index is 560. The van der Waals surface area contributed by atoms with Gasteiger partial charge in [0.1, 0.15) is 0 Å². The Morgan fingerprint density at radius 1 is 1.24 bits per heavy atom. The van der Waals surface area contributed by atoms with Crippen LogP contribution in [-0.4, -0.2) is 4.92 Å². The maximum Gasteiger partial charge on any atom is 0.269 e. The van der Waals surface area contributed by atoms with Crippen LogP contribution < -0.4 is 0 Å². The largest absolute Gasteiger partial charge is 0.269 e. The number of halogens is 1. The second-order valence-electron chi connectivity index (χ2n) is 3.35. The molecule has 1 aromatic carbocycles. The number of benzene rings is 1. The highest BCUT2D eigenvalue weighted by atomic mass is 79.9. The van der Waals surface area contributed by atoms with Crippen molar-refractivity contribution >= 4 is 45.1 Å². The molecule has 0 amide bonds. The molecule has 0 bridgehead atoms. The van der Waals surface area contributed by atoms with E-state index in [2.05, 4.69) is 15.9 Å². The molecule has 0 saturated heterocycles. The Morgan fingerprint density at radius 3 is 2.47 bits per heavy atom. The molecule has 5 heteroatoms. The van der Waals surface area contributed by atoms with Crippen molar-refractivity contribution in [3.63, 3.8) is 0 Å². The van der Waals surface area contributed by atoms with E-state index in [1.807, 2.05) is 23.6 Å². The van der Waals surface area contributed by atoms with Crippen LogP contribution in [0.15, 0.2) is 40.2 Å². The van der Waals surface area contributed by atoms with Gasteiger partial charge in [-0.25, -0.2) is 0 Å². The van der Waals surface area contributed by atoms with Gasteiger partial charge < -0.3 is 0 Å². The summed E-state index contributed by atoms with van der Waals surface area (Å²) in [6, 6.07) is 8.50. The molecule has 0 atom stereocenters. The fourth-order valence-corrected chi connectivity index (χ4v) is 2.64. The molecule has 0 spiro atoms. The van der Waals surface area contributed by atoms with E-state index in [9.17, 15) is 10.1 Å². The lowest BCUT2D eigenvalue weighted by Gasteiger charge is -1.93. The van der Waals surface area contributed by atoms with Crippen LogP contribution in [0.25, 0.3) is 12.2 Å². The summed E-state index contributed by atoms with van der Waals surface area (Å²) in [4.78, 5) is 11.2. The summed E-state index contributed by atoms with van der Waals surface area (Å²) in [7, 11) is 0. The number of nitrogens with zero attached hydrogens (tertiary/aromatic N) is 1. The van der Waals surface area contributed by atoms with Crippen molar-refractivity contribution in [2.24, 2.45) is 0 Å². The van der Waals surface area contributed by atoms with Gasteiger partial charge in [-0.2, -0.15) is 0 Å². The quantitative estimate of drug-likeness (QED) is 0.615. The molecule has 0 N–H and O–H groups in total. The third-order valence-corrected chi connectivity index (χ3v) is 3.79. The summed E-state index contributed by atoms with van der Waals surface area (Å²) in [5.41, 5.74) is 1.06. The summed E-state index contributed by atoms with van der Waals surface area (Å²) < 4.78 is 1.06. The van der Waals surface area contributed by atoms with Gasteiger partial charge >= 0.3 is 0 Å². The smallest absolute Gasteiger partial charge is 0.258 e. The van der Waals surface area contributed by atoms with Crippen LogP contribution in [0.4, 0.5) is 5.69 Å². The molecule has 1 aromatic heterocycles. The molecule has 0 fully saturated rings. The molecule has 3 nitrogen and oxygen atoms in total. The summed E-state index contributed by atoms with van der Waals surface area (Å²) in [5.74, 6) is 0. The van der Waals surface area contributed by atoms with E-state index >= 15 is 0 Å². The molecular weight excluding hydrogens is 302 g/mol. The molecule has 0 unspecified atom stereocenters. The van der Waals surface area contributed by atoms with E-state index in [4.69, 9.17) is 0 Å². The molecule has 0 aliphatic carbocycles. The van der Waals surface area contributed by atoms with Crippen LogP contribution in [0, 0.1) is 10.1 Å². The van der Waals surface area contributed by atoms with Crippen molar-refractivity contribution in [3.8, 4) is 0 Å². The van der Waals surface area contributed by atoms with Crippen LogP contribution in [0.3, 0.4) is 0 Å². The minimum absolute atomic E-state index is 0.112. The molecule has 0 aliphatic rings. The molecule has 2 rings (SSSR count). The van der Waals surface area contributed by atoms with Gasteiger partial charge in [-0.05, 0) is 45.8 Å². The highest BCUT2D eigenvalue weighted by Crippen LogP contribution is 2.22. The van der Waals surface area contributed by atoms with Crippen molar-refractivity contribution in [2.45, 2.75) is 0 Å². The van der Waals surface area contributed by atoms with Crippen molar-refractivity contribution in [2.75, 3.05) is 0 Å². The molecule has 2 aromatic rings. The van der Waals surface area contributed by atoms with Crippen molar-refractivity contribution in [1.82, 2.24) is 0 Å². The number of rotatable bonds is 3. The molecule has 17 heavy (non-hydrogen) atoms. The highest BCUT2D eigenvalue weighted by molar-refractivity contribution is 9.10. The molecule has 0 aliphatic heterocycles. The first kappa shape index (κ1) is 12.0. The van der Waals surface area contributed by atoms with Gasteiger partial charge in [-0.15, -0.1) is 11.3 Å². The Morgan fingerprint density at radius 2 is 1.94 bits per heavy atom. The molecule has 0 radical (unpaired) electrons. The number of hydrogen-bond acceptors (Lipinski definition) is 3. The van der Waals surface area contributed by atoms with Crippen LogP contribution in [0.5, 0.6) is 0 Å². The second kappa shape index (κ2) is 5.25. The molecule has 1 heterocycles. The zero-order valence-electron chi connectivity index (χ0n) is 8.67. The van der Waals surface area contributed by atoms with E-state index in [-0.39, 0.29) is 5.69 Å². The number of non-ortho nitro benzene ring substituents is 1. The Hall–Kier alpha value is -1.46. The normalized spacial score (nSPS) is 10.9. The van der Waals surface area contributed by atoms with Crippen LogP contribution in [-0.2, 0) is 0 Å². The molecule has 0 saturated carbocycles. The van der Waals surface area contributed by atoms with Crippen molar-refractivity contribution in [1.29, 1.82) is 0 Å². The predicted octanol–water partition coefficient (Wildman–Crippen LogP) is 4.59. The Balaban J connectivity index is 2.13. The lowest BCUT2D eigenvalue weighted by molar-refractivity contribution is -0.384. The maximum atomic E-state index is 10.5. The molecular formula is C12H8BrNO2S. The average molecular weight is 310 g/mol. The first-order valence-corrected chi connectivity index (χ1v) is 6.49. The minimum Gasteiger partial charge on any atom is -0.258 e. The van der Waals surface area contributed by atoms with Gasteiger partial charge in [0.2, 0.25) is 0 Å². The summed E-state index contributed by atoms with van der Waals surface area (Å²) in [5, 5.41) is 12.5. The zero-order chi connectivity index (χ0) is 12.3. The Labute approximate surface area is 111 Å². The Kier molecular flexibility index (Phi) is 3.71. The van der Waals surface area contributed by atoms with Crippen LogP contribution in [0.1, 0.15) is 10.4 Å². The standard InChI is InChI=1S/C12H8BrNO2S/c13-10-7-12(17-8-10)6-3-9-1-4-11(5-2-9)14(15)16/h1-8H/b6-3+. The van der Waals surface area contributed by atoms with Crippen molar-refractivity contribution in [3.05, 3.63) is 60.7 Å². The monoisotopic (exact) mass is 309 g/mol. The fourth-order valence-electron chi connectivity index (χ4n) is 1.30. The lowest BCUT2D eigenvalue weighted by atomic mass is 10.2. The first-order valence-electron chi connectivity index (χ1n) is 4.82. The maximum absolute atomic E-state index is 10.5. The summed E-state index contributed by atoms with van der Waals surface area (Å²) in [6.07, 6.45) is 3.92. The third-order valence-electron chi connectivity index (χ3n) is 2.13. The van der Waals surface area contributed by atoms with E-state index < -0.39 is 4.92 Å². The zero-order valence-corrected chi connectivity index (χ0v) is 11.1. The lowest BCUT2D eigenvalue weighted by Crippen LogP contribution is -1.86. The SMILES string of the molecule is O=[N+]([O-])c1ccc(/C=C/c2cc(Br)cs2)cc1. The number of nitro benzene ring substituents is 1. The second-order valence-corrected chi connectivity index (χ2v) is 5.21. The van der Waals surface area contributed by atoms with Gasteiger partial charge in [0.25, 0.3) is 5.69 Å². The van der Waals surface area contributed by atoms with Gasteiger partial charge in [-0.3, -0.25) is 10.1 Å². The van der Waals surface area contributed by atoms with Gasteiger partial charge in [0.05, 0.1) is 4.92 Å². The first-order chi connectivity index (χ1) is 8.15. The topological polar surface area (TPSA) is 43.1 Å². The van der Waals surface area contributed by atoms with E-state index in [0.29, 0.717) is 0 Å². The van der Waals surface area contributed by atoms with Crippen LogP contribution >= 0.6 is 27.3 Å². The van der Waals surface area contributed by atoms with Crippen LogP contribution in [0.2, 0.25) is 0 Å².